The summed E-state index contributed by atoms with van der Waals surface area (Å²) in [5.41, 5.74) is 0. The molecule has 0 spiro atoms. The summed E-state index contributed by atoms with van der Waals surface area (Å²) < 4.78 is 14.8. The van der Waals surface area contributed by atoms with Crippen LogP contribution in [0.2, 0.25) is 0 Å². The molecule has 0 aromatic carbocycles. The summed E-state index contributed by atoms with van der Waals surface area (Å²) in [6.07, 6.45) is 0.497. The fourth-order valence-corrected chi connectivity index (χ4v) is 2.66. The number of aliphatic carboxylic acids is 1. The number of carboxylic acid groups (broad SMARTS) is 1. The lowest BCUT2D eigenvalue weighted by Gasteiger charge is -2.27. The Hall–Kier alpha value is -2.20. The quantitative estimate of drug-likeness (QED) is 0.247. The highest BCUT2D eigenvalue weighted by molar-refractivity contribution is 5.70. The van der Waals surface area contributed by atoms with Gasteiger partial charge < -0.3 is 29.1 Å². The number of carboxylic acids is 1. The lowest BCUT2D eigenvalue weighted by atomic mass is 10.3. The Labute approximate surface area is 178 Å². The molecule has 0 aliphatic rings. The minimum Gasteiger partial charge on any atom is -0.481 e. The molecule has 0 aliphatic heterocycles. The van der Waals surface area contributed by atoms with Gasteiger partial charge in [0.15, 0.2) is 0 Å². The van der Waals surface area contributed by atoms with Crippen LogP contribution in [0, 0.1) is 0 Å². The first-order valence-electron chi connectivity index (χ1n) is 10.5. The maximum Gasteiger partial charge on any atom is 0.307 e. The van der Waals surface area contributed by atoms with Crippen LogP contribution in [0.1, 0.15) is 46.5 Å². The van der Waals surface area contributed by atoms with E-state index in [9.17, 15) is 19.2 Å². The molecule has 174 valence electrons. The summed E-state index contributed by atoms with van der Waals surface area (Å²) in [6, 6.07) is 0. The van der Waals surface area contributed by atoms with Gasteiger partial charge in [-0.15, -0.1) is 0 Å². The van der Waals surface area contributed by atoms with Crippen LogP contribution in [0.5, 0.6) is 0 Å². The van der Waals surface area contributed by atoms with Crippen LogP contribution >= 0.6 is 0 Å². The molecule has 0 radical (unpaired) electrons. The van der Waals surface area contributed by atoms with Crippen molar-refractivity contribution in [1.82, 2.24) is 9.80 Å². The lowest BCUT2D eigenvalue weighted by Crippen LogP contribution is -2.39. The van der Waals surface area contributed by atoms with E-state index in [2.05, 4.69) is 0 Å². The van der Waals surface area contributed by atoms with E-state index in [4.69, 9.17) is 19.3 Å². The van der Waals surface area contributed by atoms with E-state index in [1.807, 2.05) is 9.80 Å². The zero-order chi connectivity index (χ0) is 22.8. The fraction of sp³-hybridized carbons (Fsp3) is 0.800. The fourth-order valence-electron chi connectivity index (χ4n) is 2.66. The van der Waals surface area contributed by atoms with E-state index in [0.717, 1.165) is 0 Å². The molecule has 30 heavy (non-hydrogen) atoms. The first-order chi connectivity index (χ1) is 14.3. The van der Waals surface area contributed by atoms with Gasteiger partial charge in [-0.1, -0.05) is 0 Å². The molecule has 0 saturated carbocycles. The number of ether oxygens (including phenoxy) is 3. The molecule has 0 saturated heterocycles. The Morgan fingerprint density at radius 2 is 0.867 bits per heavy atom. The number of hydrogen-bond acceptors (Lipinski definition) is 9. The Balaban J connectivity index is 4.79. The van der Waals surface area contributed by atoms with Crippen LogP contribution in [-0.4, -0.2) is 97.9 Å². The van der Waals surface area contributed by atoms with Crippen LogP contribution < -0.4 is 0 Å². The Bertz CT molecular complexity index is 505. The highest BCUT2D eigenvalue weighted by Crippen LogP contribution is 2.02. The number of carbonyl (C=O) groups excluding carboxylic acids is 3. The molecule has 0 bridgehead atoms. The van der Waals surface area contributed by atoms with Gasteiger partial charge in [0.25, 0.3) is 0 Å². The van der Waals surface area contributed by atoms with Gasteiger partial charge in [0.1, 0.15) is 0 Å². The van der Waals surface area contributed by atoms with Gasteiger partial charge in [-0.2, -0.15) is 0 Å². The molecule has 0 aliphatic carbocycles. The van der Waals surface area contributed by atoms with Gasteiger partial charge in [0.2, 0.25) is 0 Å². The maximum atomic E-state index is 11.7. The number of hydrogen-bond donors (Lipinski definition) is 1. The van der Waals surface area contributed by atoms with Crippen molar-refractivity contribution >= 4 is 23.9 Å². The summed E-state index contributed by atoms with van der Waals surface area (Å²) in [5, 5.41) is 8.96. The summed E-state index contributed by atoms with van der Waals surface area (Å²) >= 11 is 0. The average molecular weight is 433 g/mol. The number of nitrogens with zero attached hydrogens (tertiary/aromatic N) is 2. The van der Waals surface area contributed by atoms with Gasteiger partial charge in [0, 0.05) is 39.3 Å². The van der Waals surface area contributed by atoms with Crippen molar-refractivity contribution < 1.29 is 38.5 Å². The molecule has 0 aromatic heterocycles. The molecular formula is C20H36N2O8. The molecule has 0 aromatic rings. The second-order valence-electron chi connectivity index (χ2n) is 6.49. The SMILES string of the molecule is CCOC(=O)CCN(CCC(=O)O)CCN(CCC(=O)OCC)CCC(=O)OCC. The van der Waals surface area contributed by atoms with Crippen molar-refractivity contribution in [3.8, 4) is 0 Å². The van der Waals surface area contributed by atoms with Crippen molar-refractivity contribution in [1.29, 1.82) is 0 Å². The third-order valence-corrected chi connectivity index (χ3v) is 4.19. The predicted molar refractivity (Wildman–Crippen MR) is 109 cm³/mol. The molecule has 0 atom stereocenters. The van der Waals surface area contributed by atoms with E-state index in [1.165, 1.54) is 0 Å². The standard InChI is InChI=1S/C20H36N2O8/c1-4-28-18(25)8-12-21(11-7-17(23)24)15-16-22(13-9-19(26)29-5-2)14-10-20(27)30-6-3/h4-16H2,1-3H3,(H,23,24). The summed E-state index contributed by atoms with van der Waals surface area (Å²) in [5.74, 6) is -1.88. The van der Waals surface area contributed by atoms with Crippen molar-refractivity contribution in [3.63, 3.8) is 0 Å². The molecule has 0 unspecified atom stereocenters. The molecule has 0 heterocycles. The largest absolute Gasteiger partial charge is 0.481 e. The third-order valence-electron chi connectivity index (χ3n) is 4.19. The third kappa shape index (κ3) is 15.7. The smallest absolute Gasteiger partial charge is 0.307 e. The molecule has 10 nitrogen and oxygen atoms in total. The summed E-state index contributed by atoms with van der Waals surface area (Å²) in [6.45, 7) is 8.56. The highest BCUT2D eigenvalue weighted by atomic mass is 16.5. The summed E-state index contributed by atoms with van der Waals surface area (Å²) in [4.78, 5) is 49.7. The molecule has 0 rings (SSSR count). The topological polar surface area (TPSA) is 123 Å². The zero-order valence-electron chi connectivity index (χ0n) is 18.4. The summed E-state index contributed by atoms with van der Waals surface area (Å²) in [7, 11) is 0. The van der Waals surface area contributed by atoms with E-state index in [1.54, 1.807) is 20.8 Å². The van der Waals surface area contributed by atoms with Gasteiger partial charge in [-0.05, 0) is 20.8 Å². The number of rotatable bonds is 18. The van der Waals surface area contributed by atoms with Crippen LogP contribution in [-0.2, 0) is 33.4 Å². The number of esters is 3. The van der Waals surface area contributed by atoms with Crippen LogP contribution in [0.15, 0.2) is 0 Å². The first-order valence-corrected chi connectivity index (χ1v) is 10.5. The average Bonchev–Trinajstić information content (AvgIpc) is 2.69. The van der Waals surface area contributed by atoms with E-state index >= 15 is 0 Å². The maximum absolute atomic E-state index is 11.7. The van der Waals surface area contributed by atoms with Gasteiger partial charge in [-0.3, -0.25) is 19.2 Å². The molecule has 10 heteroatoms. The van der Waals surface area contributed by atoms with Gasteiger partial charge >= 0.3 is 23.9 Å². The normalized spacial score (nSPS) is 10.8. The van der Waals surface area contributed by atoms with E-state index < -0.39 is 5.97 Å². The minimum absolute atomic E-state index is 0.0471. The van der Waals surface area contributed by atoms with Gasteiger partial charge in [-0.25, -0.2) is 0 Å². The van der Waals surface area contributed by atoms with Crippen molar-refractivity contribution in [2.24, 2.45) is 0 Å². The van der Waals surface area contributed by atoms with Crippen molar-refractivity contribution in [2.75, 3.05) is 59.1 Å². The van der Waals surface area contributed by atoms with Crippen LogP contribution in [0.25, 0.3) is 0 Å². The first kappa shape index (κ1) is 27.8. The minimum atomic E-state index is -0.919. The Kier molecular flexibility index (Phi) is 16.3. The molecule has 1 N–H and O–H groups in total. The highest BCUT2D eigenvalue weighted by Gasteiger charge is 2.15. The van der Waals surface area contributed by atoms with Crippen LogP contribution in [0.3, 0.4) is 0 Å². The molecule has 0 fully saturated rings. The predicted octanol–water partition coefficient (Wildman–Crippen LogP) is 0.925. The lowest BCUT2D eigenvalue weighted by molar-refractivity contribution is -0.145. The second kappa shape index (κ2) is 17.6. The molecular weight excluding hydrogens is 396 g/mol. The monoisotopic (exact) mass is 432 g/mol. The van der Waals surface area contributed by atoms with Crippen molar-refractivity contribution in [3.05, 3.63) is 0 Å². The van der Waals surface area contributed by atoms with Gasteiger partial charge in [0.05, 0.1) is 45.5 Å². The number of carbonyl (C=O) groups is 4. The second-order valence-corrected chi connectivity index (χ2v) is 6.49. The zero-order valence-corrected chi connectivity index (χ0v) is 18.4. The van der Waals surface area contributed by atoms with E-state index in [0.29, 0.717) is 59.1 Å². The van der Waals surface area contributed by atoms with E-state index in [-0.39, 0.29) is 43.6 Å². The van der Waals surface area contributed by atoms with Crippen molar-refractivity contribution in [2.45, 2.75) is 46.5 Å². The Morgan fingerprint density at radius 3 is 1.13 bits per heavy atom. The van der Waals surface area contributed by atoms with Crippen LogP contribution in [0.4, 0.5) is 0 Å². The Morgan fingerprint density at radius 1 is 0.567 bits per heavy atom. The molecule has 0 amide bonds.